The summed E-state index contributed by atoms with van der Waals surface area (Å²) in [4.78, 5) is 21.5. The summed E-state index contributed by atoms with van der Waals surface area (Å²) in [5, 5.41) is 14.0. The van der Waals surface area contributed by atoms with Crippen LogP contribution in [0.1, 0.15) is 55.7 Å². The number of benzene rings is 2. The van der Waals surface area contributed by atoms with Gasteiger partial charge in [0.1, 0.15) is 11.8 Å². The van der Waals surface area contributed by atoms with E-state index >= 15 is 0 Å². The predicted octanol–water partition coefficient (Wildman–Crippen LogP) is 4.20. The maximum Gasteiger partial charge on any atom is 0.253 e. The zero-order valence-electron chi connectivity index (χ0n) is 23.2. The van der Waals surface area contributed by atoms with E-state index in [1.165, 1.54) is 0 Å². The van der Waals surface area contributed by atoms with E-state index in [1.54, 1.807) is 7.11 Å². The van der Waals surface area contributed by atoms with E-state index in [0.29, 0.717) is 11.4 Å². The van der Waals surface area contributed by atoms with E-state index in [9.17, 15) is 4.79 Å². The minimum atomic E-state index is -0.373. The fourth-order valence-electron chi connectivity index (χ4n) is 5.37. The molecule has 38 heavy (non-hydrogen) atoms. The SMILES string of the molecule is CCC(C)(C)n1nnnc1[C@@H](c1cc2c(C)cc(C)cc2[nH]c1=O)N1CCN(c2ccc(OC)cc2)CC1. The molecule has 1 N–H and O–H groups in total. The van der Waals surface area contributed by atoms with Crippen LogP contribution in [0.5, 0.6) is 5.75 Å². The van der Waals surface area contributed by atoms with Crippen molar-refractivity contribution in [1.29, 1.82) is 0 Å². The summed E-state index contributed by atoms with van der Waals surface area (Å²) in [6.07, 6.45) is 0.857. The van der Waals surface area contributed by atoms with Gasteiger partial charge in [0, 0.05) is 48.3 Å². The Morgan fingerprint density at radius 1 is 1.05 bits per heavy atom. The first-order valence-electron chi connectivity index (χ1n) is 13.3. The van der Waals surface area contributed by atoms with Gasteiger partial charge >= 0.3 is 0 Å². The van der Waals surface area contributed by atoms with Crippen LogP contribution < -0.4 is 15.2 Å². The maximum atomic E-state index is 13.6. The van der Waals surface area contributed by atoms with E-state index in [4.69, 9.17) is 4.74 Å². The molecule has 0 amide bonds. The van der Waals surface area contributed by atoms with Gasteiger partial charge in [-0.05, 0) is 92.1 Å². The minimum Gasteiger partial charge on any atom is -0.497 e. The first-order valence-corrected chi connectivity index (χ1v) is 13.3. The number of fused-ring (bicyclic) bond motifs is 1. The molecule has 4 aromatic rings. The number of aryl methyl sites for hydroxylation is 2. The molecule has 1 atom stereocenters. The van der Waals surface area contributed by atoms with Crippen LogP contribution in [0.3, 0.4) is 0 Å². The quantitative estimate of drug-likeness (QED) is 0.394. The summed E-state index contributed by atoms with van der Waals surface area (Å²) in [5.41, 5.74) is 4.55. The summed E-state index contributed by atoms with van der Waals surface area (Å²) < 4.78 is 7.22. The fraction of sp³-hybridized carbons (Fsp3) is 0.448. The Hall–Kier alpha value is -3.72. The third-order valence-corrected chi connectivity index (χ3v) is 7.93. The summed E-state index contributed by atoms with van der Waals surface area (Å²) >= 11 is 0. The Bertz CT molecular complexity index is 1480. The lowest BCUT2D eigenvalue weighted by Gasteiger charge is -2.40. The molecule has 0 aliphatic carbocycles. The van der Waals surface area contributed by atoms with Gasteiger partial charge in [0.25, 0.3) is 5.56 Å². The molecular formula is C29H37N7O2. The number of H-pyrrole nitrogens is 1. The number of aromatic nitrogens is 5. The van der Waals surface area contributed by atoms with Gasteiger partial charge in [-0.2, -0.15) is 0 Å². The molecule has 1 aliphatic rings. The number of pyridine rings is 1. The number of rotatable bonds is 7. The van der Waals surface area contributed by atoms with Crippen molar-refractivity contribution in [2.75, 3.05) is 38.2 Å². The Balaban J connectivity index is 1.56. The van der Waals surface area contributed by atoms with Crippen LogP contribution in [0, 0.1) is 13.8 Å². The second-order valence-corrected chi connectivity index (χ2v) is 10.8. The number of nitrogens with one attached hydrogen (secondary N) is 1. The number of anilines is 1. The Morgan fingerprint density at radius 3 is 2.42 bits per heavy atom. The summed E-state index contributed by atoms with van der Waals surface area (Å²) in [7, 11) is 1.68. The van der Waals surface area contributed by atoms with Gasteiger partial charge < -0.3 is 14.6 Å². The molecule has 1 aliphatic heterocycles. The van der Waals surface area contributed by atoms with E-state index in [2.05, 4.69) is 76.2 Å². The highest BCUT2D eigenvalue weighted by atomic mass is 16.5. The van der Waals surface area contributed by atoms with Crippen molar-refractivity contribution < 1.29 is 4.74 Å². The van der Waals surface area contributed by atoms with Crippen molar-refractivity contribution in [2.45, 2.75) is 52.6 Å². The molecule has 200 valence electrons. The van der Waals surface area contributed by atoms with Gasteiger partial charge in [0.15, 0.2) is 5.82 Å². The highest BCUT2D eigenvalue weighted by Gasteiger charge is 2.35. The molecule has 3 heterocycles. The Labute approximate surface area is 223 Å². The van der Waals surface area contributed by atoms with E-state index in [-0.39, 0.29) is 17.1 Å². The summed E-state index contributed by atoms with van der Waals surface area (Å²) in [6, 6.07) is 14.0. The average Bonchev–Trinajstić information content (AvgIpc) is 3.40. The van der Waals surface area contributed by atoms with Gasteiger partial charge in [0.2, 0.25) is 0 Å². The molecule has 2 aromatic heterocycles. The van der Waals surface area contributed by atoms with E-state index in [0.717, 1.165) is 66.1 Å². The van der Waals surface area contributed by atoms with Gasteiger partial charge in [-0.15, -0.1) is 5.10 Å². The molecule has 9 nitrogen and oxygen atoms in total. The van der Waals surface area contributed by atoms with Crippen molar-refractivity contribution in [3.63, 3.8) is 0 Å². The molecule has 1 fully saturated rings. The second-order valence-electron chi connectivity index (χ2n) is 10.8. The minimum absolute atomic E-state index is 0.103. The van der Waals surface area contributed by atoms with Crippen molar-refractivity contribution >= 4 is 16.6 Å². The van der Waals surface area contributed by atoms with Gasteiger partial charge in [0.05, 0.1) is 12.6 Å². The van der Waals surface area contributed by atoms with Gasteiger partial charge in [-0.1, -0.05) is 13.0 Å². The monoisotopic (exact) mass is 515 g/mol. The lowest BCUT2D eigenvalue weighted by Crippen LogP contribution is -2.49. The molecule has 0 saturated carbocycles. The molecule has 9 heteroatoms. The first kappa shape index (κ1) is 25.9. The van der Waals surface area contributed by atoms with Crippen molar-refractivity contribution in [2.24, 2.45) is 0 Å². The molecule has 0 bridgehead atoms. The number of nitrogens with zero attached hydrogens (tertiary/aromatic N) is 6. The Morgan fingerprint density at radius 2 is 1.76 bits per heavy atom. The maximum absolute atomic E-state index is 13.6. The predicted molar refractivity (Wildman–Crippen MR) is 150 cm³/mol. The highest BCUT2D eigenvalue weighted by Crippen LogP contribution is 2.32. The number of aromatic amines is 1. The molecule has 0 unspecified atom stereocenters. The zero-order chi connectivity index (χ0) is 27.0. The smallest absolute Gasteiger partial charge is 0.253 e. The van der Waals surface area contributed by atoms with Crippen LogP contribution >= 0.6 is 0 Å². The molecule has 0 spiro atoms. The Kier molecular flexibility index (Phi) is 6.96. The lowest BCUT2D eigenvalue weighted by atomic mass is 9.97. The van der Waals surface area contributed by atoms with E-state index < -0.39 is 0 Å². The lowest BCUT2D eigenvalue weighted by molar-refractivity contribution is 0.186. The molecular weight excluding hydrogens is 478 g/mol. The van der Waals surface area contributed by atoms with Crippen molar-refractivity contribution in [3.05, 3.63) is 75.3 Å². The first-order chi connectivity index (χ1) is 18.2. The standard InChI is InChI=1S/C29H37N7O2/c1-7-29(4,5)36-27(31-32-33-36)26(24-18-23-20(3)16-19(2)17-25(23)30-28(24)37)35-14-12-34(13-15-35)21-8-10-22(38-6)11-9-21/h8-11,16-18,26H,7,12-15H2,1-6H3,(H,30,37)/t26-/m1/s1. The highest BCUT2D eigenvalue weighted by molar-refractivity contribution is 5.83. The third-order valence-electron chi connectivity index (χ3n) is 7.93. The number of methoxy groups -OCH3 is 1. The van der Waals surface area contributed by atoms with Crippen LogP contribution in [0.2, 0.25) is 0 Å². The molecule has 1 saturated heterocycles. The van der Waals surface area contributed by atoms with E-state index in [1.807, 2.05) is 35.9 Å². The normalized spacial score (nSPS) is 15.7. The van der Waals surface area contributed by atoms with Gasteiger partial charge in [-0.3, -0.25) is 9.69 Å². The number of tetrazole rings is 1. The number of ether oxygens (including phenoxy) is 1. The second kappa shape index (κ2) is 10.2. The number of hydrogen-bond donors (Lipinski definition) is 1. The largest absolute Gasteiger partial charge is 0.497 e. The number of piperazine rings is 1. The molecule has 2 aromatic carbocycles. The third kappa shape index (κ3) is 4.78. The summed E-state index contributed by atoms with van der Waals surface area (Å²) in [5.74, 6) is 1.54. The average molecular weight is 516 g/mol. The van der Waals surface area contributed by atoms with Crippen LogP contribution in [0.25, 0.3) is 10.9 Å². The number of hydrogen-bond acceptors (Lipinski definition) is 7. The van der Waals surface area contributed by atoms with Crippen molar-refractivity contribution in [1.82, 2.24) is 30.1 Å². The topological polar surface area (TPSA) is 92.2 Å². The van der Waals surface area contributed by atoms with Crippen LogP contribution in [-0.4, -0.2) is 63.4 Å². The van der Waals surface area contributed by atoms with Gasteiger partial charge in [-0.25, -0.2) is 4.68 Å². The van der Waals surface area contributed by atoms with Crippen LogP contribution in [-0.2, 0) is 5.54 Å². The summed E-state index contributed by atoms with van der Waals surface area (Å²) in [6.45, 7) is 13.7. The van der Waals surface area contributed by atoms with Crippen LogP contribution in [0.4, 0.5) is 5.69 Å². The fourth-order valence-corrected chi connectivity index (χ4v) is 5.37. The molecule has 0 radical (unpaired) electrons. The molecule has 5 rings (SSSR count). The zero-order valence-corrected chi connectivity index (χ0v) is 23.2. The van der Waals surface area contributed by atoms with Crippen molar-refractivity contribution in [3.8, 4) is 5.75 Å². The van der Waals surface area contributed by atoms with Crippen LogP contribution in [0.15, 0.2) is 47.3 Å².